The van der Waals surface area contributed by atoms with Crippen molar-refractivity contribution in [2.45, 2.75) is 51.0 Å². The fraction of sp³-hybridized carbons (Fsp3) is 0.560. The van der Waals surface area contributed by atoms with E-state index in [2.05, 4.69) is 19.8 Å². The topological polar surface area (TPSA) is 58.6 Å². The number of benzene rings is 1. The van der Waals surface area contributed by atoms with Gasteiger partial charge >= 0.3 is 5.97 Å². The minimum Gasteiger partial charge on any atom is -0.465 e. The third-order valence-electron chi connectivity index (χ3n) is 7.83. The van der Waals surface area contributed by atoms with E-state index in [1.54, 1.807) is 12.1 Å². The van der Waals surface area contributed by atoms with E-state index in [0.717, 1.165) is 36.2 Å². The van der Waals surface area contributed by atoms with Gasteiger partial charge in [-0.15, -0.1) is 0 Å². The summed E-state index contributed by atoms with van der Waals surface area (Å²) in [6.45, 7) is 4.70. The largest absolute Gasteiger partial charge is 0.465 e. The molecule has 1 aromatic carbocycles. The summed E-state index contributed by atoms with van der Waals surface area (Å²) >= 11 is 0. The molecule has 1 aromatic heterocycles. The summed E-state index contributed by atoms with van der Waals surface area (Å²) in [5, 5.41) is 0. The summed E-state index contributed by atoms with van der Waals surface area (Å²) in [6.07, 6.45) is 13.3. The molecule has 0 unspecified atom stereocenters. The van der Waals surface area contributed by atoms with E-state index in [4.69, 9.17) is 4.74 Å². The van der Waals surface area contributed by atoms with Crippen molar-refractivity contribution in [1.82, 2.24) is 14.9 Å². The van der Waals surface area contributed by atoms with Crippen LogP contribution in [0, 0.1) is 5.41 Å². The summed E-state index contributed by atoms with van der Waals surface area (Å²) in [5.74, 6) is 0.506. The molecular weight excluding hydrogens is 388 g/mol. The van der Waals surface area contributed by atoms with Crippen LogP contribution in [0.4, 0.5) is 5.95 Å². The second-order valence-corrected chi connectivity index (χ2v) is 9.45. The van der Waals surface area contributed by atoms with Crippen molar-refractivity contribution < 1.29 is 9.53 Å². The zero-order valence-electron chi connectivity index (χ0n) is 18.4. The number of aromatic nitrogens is 2. The van der Waals surface area contributed by atoms with E-state index in [1.807, 2.05) is 24.5 Å². The van der Waals surface area contributed by atoms with Gasteiger partial charge in [0.15, 0.2) is 0 Å². The second kappa shape index (κ2) is 8.58. The molecule has 6 nitrogen and oxygen atoms in total. The van der Waals surface area contributed by atoms with Crippen LogP contribution in [0.2, 0.25) is 0 Å². The quantitative estimate of drug-likeness (QED) is 0.692. The number of anilines is 1. The maximum absolute atomic E-state index is 11.6. The molecule has 6 heteroatoms. The van der Waals surface area contributed by atoms with E-state index in [9.17, 15) is 4.79 Å². The zero-order valence-corrected chi connectivity index (χ0v) is 18.4. The number of rotatable bonds is 4. The third-order valence-corrected chi connectivity index (χ3v) is 7.83. The number of hydrogen-bond acceptors (Lipinski definition) is 6. The van der Waals surface area contributed by atoms with Crippen LogP contribution in [0.1, 0.15) is 55.3 Å². The number of ether oxygens (including phenoxy) is 1. The van der Waals surface area contributed by atoms with Crippen LogP contribution in [0.25, 0.3) is 11.1 Å². The molecule has 1 saturated carbocycles. The summed E-state index contributed by atoms with van der Waals surface area (Å²) in [7, 11) is 1.39. The summed E-state index contributed by atoms with van der Waals surface area (Å²) < 4.78 is 4.76. The second-order valence-electron chi connectivity index (χ2n) is 9.45. The Morgan fingerprint density at radius 2 is 1.55 bits per heavy atom. The first-order valence-corrected chi connectivity index (χ1v) is 11.7. The lowest BCUT2D eigenvalue weighted by Gasteiger charge is -2.49. The Kier molecular flexibility index (Phi) is 5.65. The van der Waals surface area contributed by atoms with Gasteiger partial charge in [0.05, 0.1) is 12.7 Å². The van der Waals surface area contributed by atoms with Crippen LogP contribution in [0.15, 0.2) is 36.7 Å². The molecular formula is C25H32N4O2. The SMILES string of the molecule is COC(=O)c1ccc(-c2cnc(N3CCC4(CC3)CCN(C3CCC3)CC4)nc2)cc1. The highest BCUT2D eigenvalue weighted by Gasteiger charge is 2.40. The molecule has 3 aliphatic rings. The lowest BCUT2D eigenvalue weighted by atomic mass is 9.70. The normalized spacial score (nSPS) is 21.6. The van der Waals surface area contributed by atoms with Crippen molar-refractivity contribution in [2.75, 3.05) is 38.2 Å². The predicted octanol–water partition coefficient (Wildman–Crippen LogP) is 4.17. The molecule has 0 N–H and O–H groups in total. The van der Waals surface area contributed by atoms with Crippen LogP contribution < -0.4 is 4.90 Å². The molecule has 0 atom stereocenters. The Morgan fingerprint density at radius 1 is 0.935 bits per heavy atom. The minimum absolute atomic E-state index is 0.324. The van der Waals surface area contributed by atoms with E-state index in [1.165, 1.54) is 65.1 Å². The van der Waals surface area contributed by atoms with Crippen molar-refractivity contribution in [2.24, 2.45) is 5.41 Å². The Balaban J connectivity index is 1.17. The van der Waals surface area contributed by atoms with Crippen LogP contribution in [0.5, 0.6) is 0 Å². The van der Waals surface area contributed by atoms with Gasteiger partial charge in [-0.1, -0.05) is 18.6 Å². The van der Waals surface area contributed by atoms with Crippen LogP contribution in [-0.2, 0) is 4.74 Å². The molecule has 0 radical (unpaired) electrons. The van der Waals surface area contributed by atoms with E-state index >= 15 is 0 Å². The summed E-state index contributed by atoms with van der Waals surface area (Å²) in [6, 6.07) is 8.25. The first-order valence-electron chi connectivity index (χ1n) is 11.7. The Bertz CT molecular complexity index is 890. The number of carbonyl (C=O) groups excluding carboxylic acids is 1. The molecule has 164 valence electrons. The highest BCUT2D eigenvalue weighted by atomic mass is 16.5. The van der Waals surface area contributed by atoms with Gasteiger partial charge in [0.1, 0.15) is 0 Å². The molecule has 2 saturated heterocycles. The molecule has 0 amide bonds. The van der Waals surface area contributed by atoms with Crippen LogP contribution in [-0.4, -0.2) is 60.2 Å². The minimum atomic E-state index is -0.324. The summed E-state index contributed by atoms with van der Waals surface area (Å²) in [5.41, 5.74) is 3.04. The van der Waals surface area contributed by atoms with Crippen molar-refractivity contribution in [3.8, 4) is 11.1 Å². The average Bonchev–Trinajstić information content (AvgIpc) is 2.80. The van der Waals surface area contributed by atoms with Gasteiger partial charge < -0.3 is 14.5 Å². The van der Waals surface area contributed by atoms with Crippen molar-refractivity contribution in [1.29, 1.82) is 0 Å². The average molecular weight is 421 g/mol. The Morgan fingerprint density at radius 3 is 2.10 bits per heavy atom. The number of carbonyl (C=O) groups is 1. The van der Waals surface area contributed by atoms with E-state index in [-0.39, 0.29) is 5.97 Å². The van der Waals surface area contributed by atoms with Crippen molar-refractivity contribution in [3.05, 3.63) is 42.2 Å². The molecule has 5 rings (SSSR count). The molecule has 31 heavy (non-hydrogen) atoms. The molecule has 0 bridgehead atoms. The van der Waals surface area contributed by atoms with Gasteiger partial charge in [-0.2, -0.15) is 0 Å². The third kappa shape index (κ3) is 4.18. The van der Waals surface area contributed by atoms with Gasteiger partial charge in [-0.25, -0.2) is 14.8 Å². The number of piperidine rings is 2. The number of nitrogens with zero attached hydrogens (tertiary/aromatic N) is 4. The maximum atomic E-state index is 11.6. The summed E-state index contributed by atoms with van der Waals surface area (Å²) in [4.78, 5) is 26.0. The number of methoxy groups -OCH3 is 1. The van der Waals surface area contributed by atoms with Crippen LogP contribution >= 0.6 is 0 Å². The lowest BCUT2D eigenvalue weighted by Crippen LogP contribution is -2.51. The fourth-order valence-corrected chi connectivity index (χ4v) is 5.35. The van der Waals surface area contributed by atoms with Gasteiger partial charge in [0.25, 0.3) is 0 Å². The number of hydrogen-bond donors (Lipinski definition) is 0. The van der Waals surface area contributed by atoms with Crippen LogP contribution in [0.3, 0.4) is 0 Å². The Labute approximate surface area is 184 Å². The fourth-order valence-electron chi connectivity index (χ4n) is 5.35. The molecule has 3 fully saturated rings. The van der Waals surface area contributed by atoms with E-state index < -0.39 is 0 Å². The Hall–Kier alpha value is -2.47. The highest BCUT2D eigenvalue weighted by Crippen LogP contribution is 2.43. The smallest absolute Gasteiger partial charge is 0.337 e. The highest BCUT2D eigenvalue weighted by molar-refractivity contribution is 5.89. The standard InChI is InChI=1S/C25H32N4O2/c1-31-23(30)20-7-5-19(6-8-20)21-17-26-24(27-18-21)29-15-11-25(12-16-29)9-13-28(14-10-25)22-3-2-4-22/h5-8,17-18,22H,2-4,9-16H2,1H3. The molecule has 1 aliphatic carbocycles. The van der Waals surface area contributed by atoms with Crippen molar-refractivity contribution >= 4 is 11.9 Å². The maximum Gasteiger partial charge on any atom is 0.337 e. The molecule has 1 spiro atoms. The molecule has 3 heterocycles. The lowest BCUT2D eigenvalue weighted by molar-refractivity contribution is 0.0304. The molecule has 2 aromatic rings. The first kappa shape index (κ1) is 20.4. The first-order chi connectivity index (χ1) is 15.2. The van der Waals surface area contributed by atoms with E-state index in [0.29, 0.717) is 11.0 Å². The van der Waals surface area contributed by atoms with Gasteiger partial charge in [0, 0.05) is 37.1 Å². The van der Waals surface area contributed by atoms with Gasteiger partial charge in [0.2, 0.25) is 5.95 Å². The molecule has 2 aliphatic heterocycles. The predicted molar refractivity (Wildman–Crippen MR) is 121 cm³/mol. The van der Waals surface area contributed by atoms with Gasteiger partial charge in [-0.3, -0.25) is 0 Å². The monoisotopic (exact) mass is 420 g/mol. The van der Waals surface area contributed by atoms with Gasteiger partial charge in [-0.05, 0) is 74.7 Å². The zero-order chi connectivity index (χ0) is 21.3. The number of likely N-dealkylation sites (tertiary alicyclic amines) is 1. The number of esters is 1. The van der Waals surface area contributed by atoms with Crippen molar-refractivity contribution in [3.63, 3.8) is 0 Å².